The maximum absolute atomic E-state index is 4.39. The molecule has 2 N–H and O–H groups in total. The van der Waals surface area contributed by atoms with E-state index in [2.05, 4.69) is 57.9 Å². The van der Waals surface area contributed by atoms with Crippen molar-refractivity contribution in [2.75, 3.05) is 33.2 Å². The van der Waals surface area contributed by atoms with E-state index in [1.54, 1.807) is 0 Å². The Bertz CT molecular complexity index is 380. The topological polar surface area (TPSA) is 39.7 Å². The lowest BCUT2D eigenvalue weighted by Crippen LogP contribution is -2.43. The molecule has 1 aliphatic rings. The van der Waals surface area contributed by atoms with Crippen LogP contribution in [0, 0.1) is 0 Å². The average Bonchev–Trinajstić information content (AvgIpc) is 2.41. The average molecular weight is 374 g/mol. The molecular weight excluding hydrogens is 351 g/mol. The molecule has 0 amide bonds. The lowest BCUT2D eigenvalue weighted by molar-refractivity contribution is 0.331. The van der Waals surface area contributed by atoms with Gasteiger partial charge in [0.2, 0.25) is 0 Å². The molecule has 1 aliphatic heterocycles. The largest absolute Gasteiger partial charge is 0.356 e. The third kappa shape index (κ3) is 6.24. The molecule has 4 nitrogen and oxygen atoms in total. The molecule has 19 heavy (non-hydrogen) atoms. The van der Waals surface area contributed by atoms with Gasteiger partial charge in [-0.05, 0) is 19.0 Å². The summed E-state index contributed by atoms with van der Waals surface area (Å²) in [6.45, 7) is 4.90. The van der Waals surface area contributed by atoms with Crippen LogP contribution >= 0.6 is 24.0 Å². The standard InChI is InChI=1S/C14H22N4.HI/c1-18(12-13-6-3-2-4-7-13)11-10-17-14-15-8-5-9-16-14;/h2-4,6-7H,5,8-12H2,1H3,(H2,15,16,17);1H. The summed E-state index contributed by atoms with van der Waals surface area (Å²) < 4.78 is 0. The lowest BCUT2D eigenvalue weighted by atomic mass is 10.2. The minimum absolute atomic E-state index is 0. The normalized spacial score (nSPS) is 14.3. The number of guanidine groups is 1. The Labute approximate surface area is 132 Å². The molecule has 0 aromatic heterocycles. The van der Waals surface area contributed by atoms with Crippen LogP contribution in [0.2, 0.25) is 0 Å². The second kappa shape index (κ2) is 9.14. The number of nitrogens with one attached hydrogen (secondary N) is 2. The Morgan fingerprint density at radius 1 is 1.32 bits per heavy atom. The van der Waals surface area contributed by atoms with Gasteiger partial charge in [0.25, 0.3) is 0 Å². The molecule has 0 saturated carbocycles. The third-order valence-electron chi connectivity index (χ3n) is 2.98. The van der Waals surface area contributed by atoms with Gasteiger partial charge in [-0.15, -0.1) is 24.0 Å². The summed E-state index contributed by atoms with van der Waals surface area (Å²) in [6, 6.07) is 10.6. The van der Waals surface area contributed by atoms with Crippen molar-refractivity contribution in [3.63, 3.8) is 0 Å². The number of nitrogens with zero attached hydrogens (tertiary/aromatic N) is 2. The van der Waals surface area contributed by atoms with Gasteiger partial charge in [-0.1, -0.05) is 30.3 Å². The zero-order valence-corrected chi connectivity index (χ0v) is 13.8. The first-order valence-electron chi connectivity index (χ1n) is 6.59. The van der Waals surface area contributed by atoms with Crippen molar-refractivity contribution in [2.24, 2.45) is 4.99 Å². The predicted octanol–water partition coefficient (Wildman–Crippen LogP) is 1.68. The van der Waals surface area contributed by atoms with Gasteiger partial charge in [-0.3, -0.25) is 4.99 Å². The minimum atomic E-state index is 0. The molecule has 1 heterocycles. The van der Waals surface area contributed by atoms with Crippen molar-refractivity contribution in [2.45, 2.75) is 13.0 Å². The molecule has 0 fully saturated rings. The maximum Gasteiger partial charge on any atom is 0.191 e. The Morgan fingerprint density at radius 3 is 2.79 bits per heavy atom. The minimum Gasteiger partial charge on any atom is -0.356 e. The second-order valence-electron chi connectivity index (χ2n) is 4.66. The summed E-state index contributed by atoms with van der Waals surface area (Å²) in [7, 11) is 2.14. The SMILES string of the molecule is CN(CCNC1=NCCCN1)Cc1ccccc1.I. The molecule has 0 radical (unpaired) electrons. The van der Waals surface area contributed by atoms with E-state index in [9.17, 15) is 0 Å². The van der Waals surface area contributed by atoms with Crippen LogP contribution < -0.4 is 10.6 Å². The van der Waals surface area contributed by atoms with E-state index in [0.29, 0.717) is 0 Å². The zero-order chi connectivity index (χ0) is 12.6. The fourth-order valence-corrected chi connectivity index (χ4v) is 1.99. The first-order chi connectivity index (χ1) is 8.84. The van der Waals surface area contributed by atoms with E-state index in [1.165, 1.54) is 5.56 Å². The Kier molecular flexibility index (Phi) is 7.81. The highest BCUT2D eigenvalue weighted by molar-refractivity contribution is 14.0. The molecule has 0 atom stereocenters. The molecule has 1 aromatic rings. The summed E-state index contributed by atoms with van der Waals surface area (Å²) in [6.07, 6.45) is 1.14. The van der Waals surface area contributed by atoms with Gasteiger partial charge in [0.05, 0.1) is 0 Å². The first-order valence-corrected chi connectivity index (χ1v) is 6.59. The lowest BCUT2D eigenvalue weighted by Gasteiger charge is -2.20. The van der Waals surface area contributed by atoms with Crippen LogP contribution in [0.15, 0.2) is 35.3 Å². The van der Waals surface area contributed by atoms with Crippen LogP contribution in [-0.2, 0) is 6.54 Å². The smallest absolute Gasteiger partial charge is 0.191 e. The van der Waals surface area contributed by atoms with Crippen molar-refractivity contribution in [3.8, 4) is 0 Å². The number of rotatable bonds is 5. The summed E-state index contributed by atoms with van der Waals surface area (Å²) in [5.74, 6) is 0.953. The van der Waals surface area contributed by atoms with Crippen molar-refractivity contribution in [1.29, 1.82) is 0 Å². The molecule has 0 bridgehead atoms. The van der Waals surface area contributed by atoms with Gasteiger partial charge in [0, 0.05) is 32.7 Å². The van der Waals surface area contributed by atoms with E-state index < -0.39 is 0 Å². The monoisotopic (exact) mass is 374 g/mol. The number of likely N-dealkylation sites (N-methyl/N-ethyl adjacent to an activating group) is 1. The van der Waals surface area contributed by atoms with E-state index in [0.717, 1.165) is 45.1 Å². The van der Waals surface area contributed by atoms with Crippen molar-refractivity contribution < 1.29 is 0 Å². The molecule has 0 aliphatic carbocycles. The first kappa shape index (κ1) is 16.2. The molecule has 1 aromatic carbocycles. The highest BCUT2D eigenvalue weighted by Gasteiger charge is 2.03. The summed E-state index contributed by atoms with van der Waals surface area (Å²) >= 11 is 0. The van der Waals surface area contributed by atoms with Gasteiger partial charge in [-0.25, -0.2) is 0 Å². The molecular formula is C14H23IN4. The summed E-state index contributed by atoms with van der Waals surface area (Å²) in [5.41, 5.74) is 1.35. The van der Waals surface area contributed by atoms with E-state index in [4.69, 9.17) is 0 Å². The summed E-state index contributed by atoms with van der Waals surface area (Å²) in [5, 5.41) is 6.60. The third-order valence-corrected chi connectivity index (χ3v) is 2.98. The fraction of sp³-hybridized carbons (Fsp3) is 0.500. The molecule has 0 unspecified atom stereocenters. The molecule has 0 saturated heterocycles. The van der Waals surface area contributed by atoms with Crippen LogP contribution in [0.4, 0.5) is 0 Å². The van der Waals surface area contributed by atoms with E-state index >= 15 is 0 Å². The Balaban J connectivity index is 0.00000180. The van der Waals surface area contributed by atoms with Crippen LogP contribution in [0.3, 0.4) is 0 Å². The van der Waals surface area contributed by atoms with Crippen molar-refractivity contribution >= 4 is 29.9 Å². The summed E-state index contributed by atoms with van der Waals surface area (Å²) in [4.78, 5) is 6.70. The van der Waals surface area contributed by atoms with Crippen LogP contribution in [0.1, 0.15) is 12.0 Å². The predicted molar refractivity (Wildman–Crippen MR) is 91.1 cm³/mol. The Morgan fingerprint density at radius 2 is 2.11 bits per heavy atom. The van der Waals surface area contributed by atoms with Crippen molar-refractivity contribution in [1.82, 2.24) is 15.5 Å². The number of hydrogen-bond acceptors (Lipinski definition) is 4. The number of benzene rings is 1. The van der Waals surface area contributed by atoms with Gasteiger partial charge in [0.15, 0.2) is 5.96 Å². The van der Waals surface area contributed by atoms with E-state index in [-0.39, 0.29) is 24.0 Å². The zero-order valence-electron chi connectivity index (χ0n) is 11.4. The molecule has 2 rings (SSSR count). The van der Waals surface area contributed by atoms with Gasteiger partial charge < -0.3 is 15.5 Å². The maximum atomic E-state index is 4.39. The highest BCUT2D eigenvalue weighted by Crippen LogP contribution is 2.01. The van der Waals surface area contributed by atoms with Gasteiger partial charge in [0.1, 0.15) is 0 Å². The number of aliphatic imine (C=N–C) groups is 1. The van der Waals surface area contributed by atoms with Crippen LogP contribution in [-0.4, -0.2) is 44.1 Å². The molecule has 0 spiro atoms. The number of hydrogen-bond donors (Lipinski definition) is 2. The molecule has 5 heteroatoms. The van der Waals surface area contributed by atoms with Gasteiger partial charge in [-0.2, -0.15) is 0 Å². The number of halogens is 1. The molecule has 106 valence electrons. The highest BCUT2D eigenvalue weighted by atomic mass is 127. The Hall–Kier alpha value is -0.820. The van der Waals surface area contributed by atoms with Crippen molar-refractivity contribution in [3.05, 3.63) is 35.9 Å². The van der Waals surface area contributed by atoms with Crippen LogP contribution in [0.25, 0.3) is 0 Å². The fourth-order valence-electron chi connectivity index (χ4n) is 1.99. The van der Waals surface area contributed by atoms with Gasteiger partial charge >= 0.3 is 0 Å². The van der Waals surface area contributed by atoms with E-state index in [1.807, 2.05) is 0 Å². The quantitative estimate of drug-likeness (QED) is 0.771. The van der Waals surface area contributed by atoms with Crippen LogP contribution in [0.5, 0.6) is 0 Å². The second-order valence-corrected chi connectivity index (χ2v) is 4.66.